The van der Waals surface area contributed by atoms with E-state index in [4.69, 9.17) is 4.74 Å². The summed E-state index contributed by atoms with van der Waals surface area (Å²) in [5.41, 5.74) is 0. The molecule has 0 aliphatic heterocycles. The number of hydrogen-bond acceptors (Lipinski definition) is 7. The highest BCUT2D eigenvalue weighted by Crippen LogP contribution is 2.17. The van der Waals surface area contributed by atoms with Crippen molar-refractivity contribution in [2.24, 2.45) is 0 Å². The number of anilines is 2. The first-order valence-corrected chi connectivity index (χ1v) is 7.49. The molecule has 7 heteroatoms. The van der Waals surface area contributed by atoms with Gasteiger partial charge < -0.3 is 19.9 Å². The fraction of sp³-hybridized carbons (Fsp3) is 0.786. The molecule has 0 saturated carbocycles. The van der Waals surface area contributed by atoms with Crippen LogP contribution >= 0.6 is 0 Å². The molecule has 1 atom stereocenters. The van der Waals surface area contributed by atoms with Crippen LogP contribution in [0, 0.1) is 0 Å². The van der Waals surface area contributed by atoms with E-state index in [-0.39, 0.29) is 0 Å². The Hall–Kier alpha value is -1.63. The van der Waals surface area contributed by atoms with Gasteiger partial charge in [0, 0.05) is 26.2 Å². The third-order valence-corrected chi connectivity index (χ3v) is 3.02. The highest BCUT2D eigenvalue weighted by Gasteiger charge is 2.18. The van der Waals surface area contributed by atoms with Gasteiger partial charge >= 0.3 is 6.01 Å². The molecule has 1 heterocycles. The summed E-state index contributed by atoms with van der Waals surface area (Å²) in [6.07, 6.45) is 0.921. The highest BCUT2D eigenvalue weighted by molar-refractivity contribution is 5.39. The van der Waals surface area contributed by atoms with E-state index in [0.29, 0.717) is 30.6 Å². The number of nitrogens with one attached hydrogen (secondary N) is 1. The Bertz CT molecular complexity index is 426. The fourth-order valence-electron chi connectivity index (χ4n) is 2.12. The van der Waals surface area contributed by atoms with Crippen LogP contribution < -0.4 is 15.0 Å². The molecule has 0 radical (unpaired) electrons. The average molecular weight is 296 g/mol. The van der Waals surface area contributed by atoms with Gasteiger partial charge in [0.2, 0.25) is 11.9 Å². The Labute approximate surface area is 127 Å². The van der Waals surface area contributed by atoms with E-state index in [2.05, 4.69) is 64.9 Å². The first-order valence-electron chi connectivity index (χ1n) is 7.49. The van der Waals surface area contributed by atoms with Crippen molar-refractivity contribution in [1.82, 2.24) is 19.9 Å². The van der Waals surface area contributed by atoms with Crippen LogP contribution in [0.15, 0.2) is 0 Å². The predicted octanol–water partition coefficient (Wildman–Crippen LogP) is 1.48. The SMILES string of the molecule is CCCOc1nc(NC)nc(N(CC)C(C)CN(C)C)n1. The van der Waals surface area contributed by atoms with E-state index >= 15 is 0 Å². The molecule has 120 valence electrons. The molecule has 0 spiro atoms. The first kappa shape index (κ1) is 17.4. The zero-order valence-electron chi connectivity index (χ0n) is 14.1. The van der Waals surface area contributed by atoms with Gasteiger partial charge in [-0.25, -0.2) is 0 Å². The third-order valence-electron chi connectivity index (χ3n) is 3.02. The molecule has 1 aromatic heterocycles. The molecule has 0 bridgehead atoms. The fourth-order valence-corrected chi connectivity index (χ4v) is 2.12. The van der Waals surface area contributed by atoms with E-state index in [1.54, 1.807) is 7.05 Å². The molecule has 1 aromatic rings. The van der Waals surface area contributed by atoms with E-state index in [0.717, 1.165) is 19.5 Å². The van der Waals surface area contributed by atoms with E-state index < -0.39 is 0 Å². The molecule has 1 unspecified atom stereocenters. The molecule has 0 aliphatic carbocycles. The Morgan fingerprint density at radius 1 is 1.19 bits per heavy atom. The highest BCUT2D eigenvalue weighted by atomic mass is 16.5. The normalized spacial score (nSPS) is 12.3. The topological polar surface area (TPSA) is 66.4 Å². The third kappa shape index (κ3) is 5.34. The van der Waals surface area contributed by atoms with E-state index in [1.807, 2.05) is 0 Å². The number of ether oxygens (including phenoxy) is 1. The lowest BCUT2D eigenvalue weighted by molar-refractivity contribution is 0.291. The molecular formula is C14H28N6O. The molecular weight excluding hydrogens is 268 g/mol. The summed E-state index contributed by atoms with van der Waals surface area (Å²) < 4.78 is 5.55. The summed E-state index contributed by atoms with van der Waals surface area (Å²) in [6, 6.07) is 0.679. The minimum Gasteiger partial charge on any atom is -0.463 e. The lowest BCUT2D eigenvalue weighted by Gasteiger charge is -2.30. The van der Waals surface area contributed by atoms with Crippen LogP contribution in [0.5, 0.6) is 6.01 Å². The van der Waals surface area contributed by atoms with Gasteiger partial charge in [0.15, 0.2) is 0 Å². The van der Waals surface area contributed by atoms with Gasteiger partial charge in [-0.05, 0) is 34.4 Å². The number of rotatable bonds is 9. The maximum Gasteiger partial charge on any atom is 0.323 e. The number of hydrogen-bond donors (Lipinski definition) is 1. The van der Waals surface area contributed by atoms with Crippen LogP contribution in [0.2, 0.25) is 0 Å². The summed E-state index contributed by atoms with van der Waals surface area (Å²) in [5, 5.41) is 2.96. The quantitative estimate of drug-likeness (QED) is 0.740. The smallest absolute Gasteiger partial charge is 0.323 e. The first-order chi connectivity index (χ1) is 10.0. The second-order valence-electron chi connectivity index (χ2n) is 5.24. The maximum absolute atomic E-state index is 5.55. The lowest BCUT2D eigenvalue weighted by atomic mass is 10.3. The molecule has 0 saturated heterocycles. The Morgan fingerprint density at radius 3 is 2.43 bits per heavy atom. The van der Waals surface area contributed by atoms with E-state index in [1.165, 1.54) is 0 Å². The molecule has 1 rings (SSSR count). The van der Waals surface area contributed by atoms with Gasteiger partial charge in [0.05, 0.1) is 6.61 Å². The van der Waals surface area contributed by atoms with Gasteiger partial charge in [-0.3, -0.25) is 0 Å². The van der Waals surface area contributed by atoms with Crippen molar-refractivity contribution >= 4 is 11.9 Å². The monoisotopic (exact) mass is 296 g/mol. The van der Waals surface area contributed by atoms with Gasteiger partial charge in [-0.15, -0.1) is 0 Å². The summed E-state index contributed by atoms with van der Waals surface area (Å²) in [6.45, 7) is 8.68. The maximum atomic E-state index is 5.55. The van der Waals surface area contributed by atoms with Crippen molar-refractivity contribution in [2.75, 3.05) is 51.1 Å². The molecule has 0 aromatic carbocycles. The van der Waals surface area contributed by atoms with Gasteiger partial charge in [-0.1, -0.05) is 6.92 Å². The number of aromatic nitrogens is 3. The predicted molar refractivity (Wildman–Crippen MR) is 86.2 cm³/mol. The standard InChI is InChI=1S/C14H28N6O/c1-7-9-21-14-17-12(15-4)16-13(18-14)20(8-2)11(3)10-19(5)6/h11H,7-10H2,1-6H3,(H,15,16,17,18). The van der Waals surface area contributed by atoms with Crippen LogP contribution in [-0.2, 0) is 0 Å². The van der Waals surface area contributed by atoms with Crippen LogP contribution in [-0.4, -0.2) is 66.7 Å². The van der Waals surface area contributed by atoms with Gasteiger partial charge in [0.1, 0.15) is 0 Å². The van der Waals surface area contributed by atoms with Crippen LogP contribution in [0.1, 0.15) is 27.2 Å². The van der Waals surface area contributed by atoms with Crippen molar-refractivity contribution in [3.63, 3.8) is 0 Å². The molecule has 21 heavy (non-hydrogen) atoms. The summed E-state index contributed by atoms with van der Waals surface area (Å²) >= 11 is 0. The Kier molecular flexibility index (Phi) is 7.14. The van der Waals surface area contributed by atoms with Crippen molar-refractivity contribution in [1.29, 1.82) is 0 Å². The van der Waals surface area contributed by atoms with Crippen molar-refractivity contribution in [2.45, 2.75) is 33.2 Å². The van der Waals surface area contributed by atoms with Gasteiger partial charge in [0.25, 0.3) is 0 Å². The minimum absolute atomic E-state index is 0.302. The van der Waals surface area contributed by atoms with E-state index in [9.17, 15) is 0 Å². The molecule has 1 N–H and O–H groups in total. The Balaban J connectivity index is 3.01. The largest absolute Gasteiger partial charge is 0.463 e. The zero-order valence-corrected chi connectivity index (χ0v) is 14.1. The number of nitrogens with zero attached hydrogens (tertiary/aromatic N) is 5. The zero-order chi connectivity index (χ0) is 15.8. The molecule has 0 fully saturated rings. The minimum atomic E-state index is 0.302. The van der Waals surface area contributed by atoms with Gasteiger partial charge in [-0.2, -0.15) is 15.0 Å². The summed E-state index contributed by atoms with van der Waals surface area (Å²) in [4.78, 5) is 17.4. The van der Waals surface area contributed by atoms with Crippen molar-refractivity contribution in [3.8, 4) is 6.01 Å². The second kappa shape index (κ2) is 8.61. The Morgan fingerprint density at radius 2 is 1.90 bits per heavy atom. The van der Waals surface area contributed by atoms with Crippen molar-refractivity contribution < 1.29 is 4.74 Å². The van der Waals surface area contributed by atoms with Crippen LogP contribution in [0.25, 0.3) is 0 Å². The lowest BCUT2D eigenvalue weighted by Crippen LogP contribution is -2.41. The molecule has 0 aliphatic rings. The van der Waals surface area contributed by atoms with Crippen LogP contribution in [0.4, 0.5) is 11.9 Å². The molecule has 7 nitrogen and oxygen atoms in total. The second-order valence-corrected chi connectivity index (χ2v) is 5.24. The summed E-state index contributed by atoms with van der Waals surface area (Å²) in [5.74, 6) is 1.18. The average Bonchev–Trinajstić information content (AvgIpc) is 2.44. The summed E-state index contributed by atoms with van der Waals surface area (Å²) in [7, 11) is 5.92. The molecule has 0 amide bonds. The van der Waals surface area contributed by atoms with Crippen LogP contribution in [0.3, 0.4) is 0 Å². The number of likely N-dealkylation sites (N-methyl/N-ethyl adjacent to an activating group) is 2. The van der Waals surface area contributed by atoms with Crippen molar-refractivity contribution in [3.05, 3.63) is 0 Å².